The second-order valence-corrected chi connectivity index (χ2v) is 5.44. The van der Waals surface area contributed by atoms with Crippen molar-refractivity contribution in [1.82, 2.24) is 10.2 Å². The van der Waals surface area contributed by atoms with E-state index < -0.39 is 0 Å². The first kappa shape index (κ1) is 13.6. The number of piperidine rings is 1. The maximum Gasteiger partial charge on any atom is 0.0208 e. The molecule has 1 fully saturated rings. The molecule has 18 heavy (non-hydrogen) atoms. The Kier molecular flexibility index (Phi) is 5.21. The molecular weight excluding hydrogens is 220 g/mol. The number of rotatable bonds is 5. The van der Waals surface area contributed by atoms with E-state index in [1.807, 2.05) is 0 Å². The Balaban J connectivity index is 1.70. The molecule has 2 nitrogen and oxygen atoms in total. The molecule has 1 aliphatic rings. The molecule has 1 aliphatic heterocycles. The molecule has 0 bridgehead atoms. The predicted molar refractivity (Wildman–Crippen MR) is 77.9 cm³/mol. The van der Waals surface area contributed by atoms with Gasteiger partial charge in [-0.1, -0.05) is 24.6 Å². The smallest absolute Gasteiger partial charge is 0.0208 e. The van der Waals surface area contributed by atoms with E-state index in [4.69, 9.17) is 0 Å². The van der Waals surface area contributed by atoms with Gasteiger partial charge in [0.2, 0.25) is 0 Å². The molecule has 1 aromatic rings. The summed E-state index contributed by atoms with van der Waals surface area (Å²) in [4.78, 5) is 2.58. The van der Waals surface area contributed by atoms with Crippen molar-refractivity contribution in [2.24, 2.45) is 0 Å². The first-order valence-electron chi connectivity index (χ1n) is 7.25. The van der Waals surface area contributed by atoms with Crippen LogP contribution >= 0.6 is 0 Å². The lowest BCUT2D eigenvalue weighted by atomic mass is 10.0. The molecule has 1 heterocycles. The average Bonchev–Trinajstić information content (AvgIpc) is 2.40. The number of nitrogens with one attached hydrogen (secondary N) is 1. The second kappa shape index (κ2) is 6.91. The fourth-order valence-corrected chi connectivity index (χ4v) is 2.65. The summed E-state index contributed by atoms with van der Waals surface area (Å²) in [5, 5.41) is 3.58. The van der Waals surface area contributed by atoms with Crippen LogP contribution in [-0.4, -0.2) is 31.1 Å². The van der Waals surface area contributed by atoms with Crippen LogP contribution in [0.15, 0.2) is 18.2 Å². The zero-order valence-corrected chi connectivity index (χ0v) is 11.8. The highest BCUT2D eigenvalue weighted by molar-refractivity contribution is 5.32. The van der Waals surface area contributed by atoms with Crippen molar-refractivity contribution in [3.8, 4) is 0 Å². The maximum absolute atomic E-state index is 3.58. The number of aryl methyl sites for hydroxylation is 1. The van der Waals surface area contributed by atoms with E-state index in [-0.39, 0.29) is 0 Å². The first-order chi connectivity index (χ1) is 8.77. The van der Waals surface area contributed by atoms with Gasteiger partial charge in [0.25, 0.3) is 0 Å². The van der Waals surface area contributed by atoms with Gasteiger partial charge in [0.05, 0.1) is 0 Å². The number of hydrogen-bond acceptors (Lipinski definition) is 2. The van der Waals surface area contributed by atoms with E-state index in [0.717, 1.165) is 13.1 Å². The molecule has 0 amide bonds. The van der Waals surface area contributed by atoms with E-state index in [0.29, 0.717) is 0 Å². The van der Waals surface area contributed by atoms with Crippen molar-refractivity contribution >= 4 is 0 Å². The van der Waals surface area contributed by atoms with E-state index in [1.165, 1.54) is 55.6 Å². The lowest BCUT2D eigenvalue weighted by Crippen LogP contribution is -2.35. The Morgan fingerprint density at radius 3 is 2.67 bits per heavy atom. The average molecular weight is 246 g/mol. The fraction of sp³-hybridized carbons (Fsp3) is 0.625. The number of hydrogen-bond donors (Lipinski definition) is 1. The van der Waals surface area contributed by atoms with Crippen molar-refractivity contribution in [3.63, 3.8) is 0 Å². The third-order valence-corrected chi connectivity index (χ3v) is 4.09. The molecular formula is C16H26N2. The Morgan fingerprint density at radius 1 is 1.11 bits per heavy atom. The molecule has 0 radical (unpaired) electrons. The number of benzene rings is 1. The van der Waals surface area contributed by atoms with Gasteiger partial charge in [0, 0.05) is 19.6 Å². The number of likely N-dealkylation sites (tertiary alicyclic amines) is 1. The monoisotopic (exact) mass is 246 g/mol. The Labute approximate surface area is 111 Å². The van der Waals surface area contributed by atoms with Crippen LogP contribution in [0.2, 0.25) is 0 Å². The minimum atomic E-state index is 1.00. The van der Waals surface area contributed by atoms with Gasteiger partial charge in [-0.05, 0) is 56.5 Å². The second-order valence-electron chi connectivity index (χ2n) is 5.44. The van der Waals surface area contributed by atoms with E-state index in [2.05, 4.69) is 42.3 Å². The Bertz CT molecular complexity index is 367. The highest BCUT2D eigenvalue weighted by atomic mass is 15.1. The van der Waals surface area contributed by atoms with Crippen LogP contribution < -0.4 is 5.32 Å². The standard InChI is InChI=1S/C16H26N2/c1-14-7-6-8-16(15(14)2)13-17-9-12-18-10-4-3-5-11-18/h6-8,17H,3-5,9-13H2,1-2H3. The summed E-state index contributed by atoms with van der Waals surface area (Å²) in [6.45, 7) is 10.3. The molecule has 1 aromatic carbocycles. The summed E-state index contributed by atoms with van der Waals surface area (Å²) in [5.41, 5.74) is 4.27. The summed E-state index contributed by atoms with van der Waals surface area (Å²) < 4.78 is 0. The number of nitrogens with zero attached hydrogens (tertiary/aromatic N) is 1. The van der Waals surface area contributed by atoms with Crippen LogP contribution in [-0.2, 0) is 6.54 Å². The molecule has 0 aliphatic carbocycles. The van der Waals surface area contributed by atoms with Crippen molar-refractivity contribution in [2.45, 2.75) is 39.7 Å². The minimum absolute atomic E-state index is 1.00. The molecule has 2 rings (SSSR count). The van der Waals surface area contributed by atoms with Crippen LogP contribution in [0.3, 0.4) is 0 Å². The van der Waals surface area contributed by atoms with Gasteiger partial charge < -0.3 is 10.2 Å². The summed E-state index contributed by atoms with van der Waals surface area (Å²) in [7, 11) is 0. The molecule has 1 saturated heterocycles. The largest absolute Gasteiger partial charge is 0.311 e. The highest BCUT2D eigenvalue weighted by Gasteiger charge is 2.08. The molecule has 2 heteroatoms. The highest BCUT2D eigenvalue weighted by Crippen LogP contribution is 2.12. The third-order valence-electron chi connectivity index (χ3n) is 4.09. The summed E-state index contributed by atoms with van der Waals surface area (Å²) >= 11 is 0. The van der Waals surface area contributed by atoms with Crippen molar-refractivity contribution in [2.75, 3.05) is 26.2 Å². The molecule has 1 N–H and O–H groups in total. The van der Waals surface area contributed by atoms with Crippen LogP contribution in [0.5, 0.6) is 0 Å². The van der Waals surface area contributed by atoms with Crippen molar-refractivity contribution in [1.29, 1.82) is 0 Å². The molecule has 0 unspecified atom stereocenters. The Hall–Kier alpha value is -0.860. The van der Waals surface area contributed by atoms with Crippen LogP contribution in [0.25, 0.3) is 0 Å². The third kappa shape index (κ3) is 3.82. The van der Waals surface area contributed by atoms with Crippen LogP contribution in [0.1, 0.15) is 36.0 Å². The minimum Gasteiger partial charge on any atom is -0.311 e. The van der Waals surface area contributed by atoms with Crippen molar-refractivity contribution < 1.29 is 0 Å². The van der Waals surface area contributed by atoms with Crippen LogP contribution in [0, 0.1) is 13.8 Å². The SMILES string of the molecule is Cc1cccc(CNCCN2CCCCC2)c1C. The molecule has 100 valence electrons. The van der Waals surface area contributed by atoms with Gasteiger partial charge in [0.15, 0.2) is 0 Å². The van der Waals surface area contributed by atoms with Gasteiger partial charge in [-0.25, -0.2) is 0 Å². The van der Waals surface area contributed by atoms with Gasteiger partial charge >= 0.3 is 0 Å². The molecule has 0 atom stereocenters. The normalized spacial score (nSPS) is 17.0. The summed E-state index contributed by atoms with van der Waals surface area (Å²) in [6, 6.07) is 6.58. The maximum atomic E-state index is 3.58. The van der Waals surface area contributed by atoms with E-state index in [9.17, 15) is 0 Å². The van der Waals surface area contributed by atoms with Gasteiger partial charge in [-0.3, -0.25) is 0 Å². The van der Waals surface area contributed by atoms with Gasteiger partial charge in [-0.2, -0.15) is 0 Å². The van der Waals surface area contributed by atoms with Gasteiger partial charge in [-0.15, -0.1) is 0 Å². The summed E-state index contributed by atoms with van der Waals surface area (Å²) in [6.07, 6.45) is 4.19. The zero-order valence-electron chi connectivity index (χ0n) is 11.8. The fourth-order valence-electron chi connectivity index (χ4n) is 2.65. The molecule has 0 spiro atoms. The quantitative estimate of drug-likeness (QED) is 0.804. The van der Waals surface area contributed by atoms with Crippen LogP contribution in [0.4, 0.5) is 0 Å². The van der Waals surface area contributed by atoms with Gasteiger partial charge in [0.1, 0.15) is 0 Å². The van der Waals surface area contributed by atoms with Crippen molar-refractivity contribution in [3.05, 3.63) is 34.9 Å². The molecule has 0 saturated carbocycles. The van der Waals surface area contributed by atoms with E-state index in [1.54, 1.807) is 0 Å². The van der Waals surface area contributed by atoms with E-state index >= 15 is 0 Å². The first-order valence-corrected chi connectivity index (χ1v) is 7.25. The zero-order chi connectivity index (χ0) is 12.8. The molecule has 0 aromatic heterocycles. The Morgan fingerprint density at radius 2 is 1.89 bits per heavy atom. The predicted octanol–water partition coefficient (Wildman–Crippen LogP) is 2.88. The lowest BCUT2D eigenvalue weighted by Gasteiger charge is -2.26. The topological polar surface area (TPSA) is 15.3 Å². The lowest BCUT2D eigenvalue weighted by molar-refractivity contribution is 0.229. The summed E-state index contributed by atoms with van der Waals surface area (Å²) in [5.74, 6) is 0.